The molecule has 0 saturated carbocycles. The van der Waals surface area contributed by atoms with Crippen molar-refractivity contribution in [1.82, 2.24) is 4.98 Å². The molecule has 0 aliphatic carbocycles. The van der Waals surface area contributed by atoms with Crippen LogP contribution in [0.4, 0.5) is 5.13 Å². The topological polar surface area (TPSA) is 42.2 Å². The first-order valence-corrected chi connectivity index (χ1v) is 6.21. The molecule has 0 amide bonds. The summed E-state index contributed by atoms with van der Waals surface area (Å²) >= 11 is 1.66. The van der Waals surface area contributed by atoms with E-state index < -0.39 is 0 Å². The van der Waals surface area contributed by atoms with Crippen LogP contribution in [0, 0.1) is 0 Å². The van der Waals surface area contributed by atoms with Gasteiger partial charge in [-0.1, -0.05) is 6.92 Å². The molecule has 1 atom stereocenters. The number of nitrogens with two attached hydrogens (primary N) is 1. The zero-order valence-corrected chi connectivity index (χ0v) is 11.1. The van der Waals surface area contributed by atoms with E-state index >= 15 is 0 Å². The first kappa shape index (κ1) is 12.5. The Bertz CT molecular complexity index is 317. The van der Waals surface area contributed by atoms with Crippen LogP contribution in [0.15, 0.2) is 5.38 Å². The lowest BCUT2D eigenvalue weighted by Crippen LogP contribution is -2.40. The summed E-state index contributed by atoms with van der Waals surface area (Å²) < 4.78 is 0. The van der Waals surface area contributed by atoms with Crippen molar-refractivity contribution in [3.05, 3.63) is 11.1 Å². The number of hydrogen-bond acceptors (Lipinski definition) is 4. The van der Waals surface area contributed by atoms with Gasteiger partial charge < -0.3 is 10.6 Å². The molecular formula is C11H21N3S. The third-order valence-corrected chi connectivity index (χ3v) is 3.97. The standard InChI is InChI=1S/C11H21N3S/c1-6-11(3,4)14(5)10-13-9(7-15-10)8(2)12/h7-8H,6,12H2,1-5H3. The van der Waals surface area contributed by atoms with Crippen LogP contribution in [0.2, 0.25) is 0 Å². The Kier molecular flexibility index (Phi) is 3.73. The minimum Gasteiger partial charge on any atom is -0.346 e. The minimum atomic E-state index is 0.0214. The van der Waals surface area contributed by atoms with Crippen LogP contribution in [-0.4, -0.2) is 17.6 Å². The number of nitrogens with zero attached hydrogens (tertiary/aromatic N) is 2. The van der Waals surface area contributed by atoms with Crippen LogP contribution in [-0.2, 0) is 0 Å². The van der Waals surface area contributed by atoms with Crippen molar-refractivity contribution in [1.29, 1.82) is 0 Å². The largest absolute Gasteiger partial charge is 0.346 e. The molecule has 0 aliphatic rings. The molecule has 4 heteroatoms. The molecule has 0 aliphatic heterocycles. The van der Waals surface area contributed by atoms with Crippen LogP contribution in [0.3, 0.4) is 0 Å². The molecule has 1 aromatic rings. The van der Waals surface area contributed by atoms with Crippen LogP contribution < -0.4 is 10.6 Å². The van der Waals surface area contributed by atoms with E-state index in [0.29, 0.717) is 0 Å². The van der Waals surface area contributed by atoms with Gasteiger partial charge in [0.2, 0.25) is 0 Å². The Morgan fingerprint density at radius 2 is 2.20 bits per heavy atom. The SMILES string of the molecule is CCC(C)(C)N(C)c1nc(C(C)N)cs1. The third-order valence-electron chi connectivity index (χ3n) is 3.04. The second-order valence-electron chi connectivity index (χ2n) is 4.57. The van der Waals surface area contributed by atoms with E-state index in [9.17, 15) is 0 Å². The lowest BCUT2D eigenvalue weighted by molar-refractivity contribution is 0.469. The molecule has 3 nitrogen and oxygen atoms in total. The van der Waals surface area contributed by atoms with Crippen molar-refractivity contribution in [2.45, 2.75) is 45.7 Å². The van der Waals surface area contributed by atoms with Gasteiger partial charge in [0, 0.05) is 24.0 Å². The second kappa shape index (κ2) is 4.49. The Hall–Kier alpha value is -0.610. The normalized spacial score (nSPS) is 14.0. The Balaban J connectivity index is 2.87. The predicted octanol–water partition coefficient (Wildman–Crippen LogP) is 2.79. The van der Waals surface area contributed by atoms with E-state index in [1.54, 1.807) is 11.3 Å². The van der Waals surface area contributed by atoms with Gasteiger partial charge in [0.15, 0.2) is 5.13 Å². The fourth-order valence-corrected chi connectivity index (χ4v) is 2.19. The highest BCUT2D eigenvalue weighted by atomic mass is 32.1. The fourth-order valence-electron chi connectivity index (χ4n) is 1.14. The molecule has 1 unspecified atom stereocenters. The first-order valence-electron chi connectivity index (χ1n) is 5.33. The lowest BCUT2D eigenvalue weighted by atomic mass is 10.0. The Morgan fingerprint density at radius 1 is 1.60 bits per heavy atom. The number of rotatable bonds is 4. The minimum absolute atomic E-state index is 0.0214. The molecule has 0 aromatic carbocycles. The summed E-state index contributed by atoms with van der Waals surface area (Å²) in [6.45, 7) is 8.60. The zero-order valence-electron chi connectivity index (χ0n) is 10.2. The van der Waals surface area contributed by atoms with Gasteiger partial charge in [0.05, 0.1) is 5.69 Å². The summed E-state index contributed by atoms with van der Waals surface area (Å²) in [5.41, 5.74) is 6.92. The van der Waals surface area contributed by atoms with Gasteiger partial charge in [-0.2, -0.15) is 0 Å². The summed E-state index contributed by atoms with van der Waals surface area (Å²) in [6, 6.07) is 0.0214. The summed E-state index contributed by atoms with van der Waals surface area (Å²) in [4.78, 5) is 6.77. The van der Waals surface area contributed by atoms with Crippen molar-refractivity contribution in [3.8, 4) is 0 Å². The highest BCUT2D eigenvalue weighted by molar-refractivity contribution is 7.13. The zero-order chi connectivity index (χ0) is 11.6. The Morgan fingerprint density at radius 3 is 2.60 bits per heavy atom. The summed E-state index contributed by atoms with van der Waals surface area (Å²) in [6.07, 6.45) is 1.09. The van der Waals surface area contributed by atoms with Crippen LogP contribution in [0.25, 0.3) is 0 Å². The molecule has 86 valence electrons. The van der Waals surface area contributed by atoms with Crippen molar-refractivity contribution in [2.24, 2.45) is 5.73 Å². The van der Waals surface area contributed by atoms with E-state index in [-0.39, 0.29) is 11.6 Å². The Labute approximate surface area is 96.3 Å². The highest BCUT2D eigenvalue weighted by Crippen LogP contribution is 2.28. The first-order chi connectivity index (χ1) is 6.88. The molecule has 1 aromatic heterocycles. The summed E-state index contributed by atoms with van der Waals surface area (Å²) in [5.74, 6) is 0. The van der Waals surface area contributed by atoms with E-state index in [2.05, 4.69) is 37.7 Å². The van der Waals surface area contributed by atoms with Gasteiger partial charge in [-0.25, -0.2) is 4.98 Å². The van der Waals surface area contributed by atoms with Gasteiger partial charge in [0.25, 0.3) is 0 Å². The lowest BCUT2D eigenvalue weighted by Gasteiger charge is -2.34. The molecule has 2 N–H and O–H groups in total. The molecular weight excluding hydrogens is 206 g/mol. The maximum atomic E-state index is 5.79. The van der Waals surface area contributed by atoms with E-state index in [4.69, 9.17) is 5.73 Å². The molecule has 0 spiro atoms. The average molecular weight is 227 g/mol. The molecule has 0 radical (unpaired) electrons. The molecule has 0 bridgehead atoms. The van der Waals surface area contributed by atoms with Crippen molar-refractivity contribution in [3.63, 3.8) is 0 Å². The monoisotopic (exact) mass is 227 g/mol. The van der Waals surface area contributed by atoms with Crippen molar-refractivity contribution < 1.29 is 0 Å². The summed E-state index contributed by atoms with van der Waals surface area (Å²) in [7, 11) is 2.09. The molecule has 0 fully saturated rings. The maximum absolute atomic E-state index is 5.79. The predicted molar refractivity (Wildman–Crippen MR) is 67.5 cm³/mol. The number of thiazole rings is 1. The van der Waals surface area contributed by atoms with Crippen LogP contribution in [0.5, 0.6) is 0 Å². The maximum Gasteiger partial charge on any atom is 0.185 e. The number of aromatic nitrogens is 1. The van der Waals surface area contributed by atoms with Crippen LogP contribution >= 0.6 is 11.3 Å². The van der Waals surface area contributed by atoms with E-state index in [1.807, 2.05) is 12.3 Å². The molecule has 1 heterocycles. The van der Waals surface area contributed by atoms with E-state index in [0.717, 1.165) is 17.2 Å². The molecule has 15 heavy (non-hydrogen) atoms. The van der Waals surface area contributed by atoms with Crippen molar-refractivity contribution in [2.75, 3.05) is 11.9 Å². The highest BCUT2D eigenvalue weighted by Gasteiger charge is 2.23. The van der Waals surface area contributed by atoms with Crippen LogP contribution in [0.1, 0.15) is 45.9 Å². The fraction of sp³-hybridized carbons (Fsp3) is 0.727. The quantitative estimate of drug-likeness (QED) is 0.860. The van der Waals surface area contributed by atoms with E-state index in [1.165, 1.54) is 0 Å². The average Bonchev–Trinajstić information content (AvgIpc) is 2.65. The van der Waals surface area contributed by atoms with Crippen molar-refractivity contribution >= 4 is 16.5 Å². The molecule has 0 saturated heterocycles. The van der Waals surface area contributed by atoms with Gasteiger partial charge in [-0.15, -0.1) is 11.3 Å². The molecule has 1 rings (SSSR count). The second-order valence-corrected chi connectivity index (χ2v) is 5.41. The van der Waals surface area contributed by atoms with Gasteiger partial charge in [0.1, 0.15) is 0 Å². The number of anilines is 1. The van der Waals surface area contributed by atoms with Gasteiger partial charge >= 0.3 is 0 Å². The number of hydrogen-bond donors (Lipinski definition) is 1. The third kappa shape index (κ3) is 2.69. The smallest absolute Gasteiger partial charge is 0.185 e. The van der Waals surface area contributed by atoms with Gasteiger partial charge in [-0.3, -0.25) is 0 Å². The van der Waals surface area contributed by atoms with Gasteiger partial charge in [-0.05, 0) is 27.2 Å². The summed E-state index contributed by atoms with van der Waals surface area (Å²) in [5, 5.41) is 3.09.